The predicted molar refractivity (Wildman–Crippen MR) is 151 cm³/mol. The first-order valence-electron chi connectivity index (χ1n) is 13.6. The highest BCUT2D eigenvalue weighted by atomic mass is 16.5. The Morgan fingerprint density at radius 1 is 1.21 bits per heavy atom. The van der Waals surface area contributed by atoms with E-state index in [1.165, 1.54) is 0 Å². The van der Waals surface area contributed by atoms with Crippen LogP contribution in [0.25, 0.3) is 10.9 Å². The van der Waals surface area contributed by atoms with Gasteiger partial charge in [-0.15, -0.1) is 5.10 Å². The van der Waals surface area contributed by atoms with Gasteiger partial charge in [0.1, 0.15) is 11.8 Å². The molecule has 1 N–H and O–H groups in total. The van der Waals surface area contributed by atoms with Crippen LogP contribution in [0.5, 0.6) is 5.75 Å². The van der Waals surface area contributed by atoms with E-state index in [0.717, 1.165) is 52.8 Å². The minimum Gasteiger partial charge on any atom is -0.497 e. The van der Waals surface area contributed by atoms with Crippen LogP contribution in [0.4, 0.5) is 0 Å². The highest BCUT2D eigenvalue weighted by Gasteiger charge is 2.35. The van der Waals surface area contributed by atoms with E-state index in [1.807, 2.05) is 35.9 Å². The Kier molecular flexibility index (Phi) is 7.55. The van der Waals surface area contributed by atoms with E-state index in [1.54, 1.807) is 7.11 Å². The van der Waals surface area contributed by atoms with Gasteiger partial charge in [0, 0.05) is 25.3 Å². The summed E-state index contributed by atoms with van der Waals surface area (Å²) < 4.78 is 13.4. The fourth-order valence-corrected chi connectivity index (χ4v) is 5.56. The maximum Gasteiger partial charge on any atom is 0.253 e. The molecule has 2 atom stereocenters. The number of aromatic nitrogens is 5. The van der Waals surface area contributed by atoms with Gasteiger partial charge in [-0.3, -0.25) is 9.69 Å². The molecule has 5 rings (SSSR count). The van der Waals surface area contributed by atoms with Crippen molar-refractivity contribution in [2.24, 2.45) is 0 Å². The number of hydrogen-bond donors (Lipinski definition) is 1. The second-order valence-electron chi connectivity index (χ2n) is 11.5. The molecule has 0 unspecified atom stereocenters. The third-order valence-electron chi connectivity index (χ3n) is 7.34. The Bertz CT molecular complexity index is 1510. The second kappa shape index (κ2) is 10.9. The predicted octanol–water partition coefficient (Wildman–Crippen LogP) is 4.67. The van der Waals surface area contributed by atoms with Crippen LogP contribution in [0.15, 0.2) is 47.3 Å². The summed E-state index contributed by atoms with van der Waals surface area (Å²) in [5.41, 5.74) is 4.16. The zero-order chi connectivity index (χ0) is 27.7. The summed E-state index contributed by atoms with van der Waals surface area (Å²) in [6, 6.07) is 13.7. The van der Waals surface area contributed by atoms with Crippen LogP contribution in [-0.4, -0.2) is 56.5 Å². The Balaban J connectivity index is 1.71. The van der Waals surface area contributed by atoms with Crippen molar-refractivity contribution >= 4 is 10.9 Å². The summed E-state index contributed by atoms with van der Waals surface area (Å²) >= 11 is 0. The quantitative estimate of drug-likeness (QED) is 0.354. The van der Waals surface area contributed by atoms with Crippen LogP contribution >= 0.6 is 0 Å². The molecular formula is C30H38N6O3. The number of hydrogen-bond acceptors (Lipinski definition) is 7. The van der Waals surface area contributed by atoms with E-state index in [0.29, 0.717) is 24.5 Å². The monoisotopic (exact) mass is 530 g/mol. The summed E-state index contributed by atoms with van der Waals surface area (Å²) in [6.45, 7) is 12.2. The zero-order valence-electron chi connectivity index (χ0n) is 23.7. The van der Waals surface area contributed by atoms with Gasteiger partial charge in [0.25, 0.3) is 5.56 Å². The molecule has 1 aliphatic rings. The number of nitrogens with zero attached hydrogens (tertiary/aromatic N) is 5. The lowest BCUT2D eigenvalue weighted by atomic mass is 9.98. The molecule has 1 aliphatic heterocycles. The van der Waals surface area contributed by atoms with Crippen molar-refractivity contribution in [3.8, 4) is 5.75 Å². The summed E-state index contributed by atoms with van der Waals surface area (Å²) in [6.07, 6.45) is 2.05. The molecule has 4 aromatic rings. The van der Waals surface area contributed by atoms with Crippen LogP contribution in [0.2, 0.25) is 0 Å². The van der Waals surface area contributed by atoms with Crippen molar-refractivity contribution in [3.05, 3.63) is 80.9 Å². The molecule has 0 bridgehead atoms. The lowest BCUT2D eigenvalue weighted by Crippen LogP contribution is -2.40. The molecular weight excluding hydrogens is 492 g/mol. The first kappa shape index (κ1) is 27.0. The highest BCUT2D eigenvalue weighted by molar-refractivity contribution is 5.83. The molecule has 1 fully saturated rings. The fourth-order valence-electron chi connectivity index (χ4n) is 5.56. The average Bonchev–Trinajstić information content (AvgIpc) is 3.58. The maximum atomic E-state index is 13.9. The van der Waals surface area contributed by atoms with Crippen molar-refractivity contribution in [2.75, 3.05) is 20.3 Å². The standard InChI is InChI=1S/C30H38N6O3/c1-19-13-20(2)26-22(14-19)16-25(29(37)31-26)27(28-32-33-34-36(28)30(3,4)5)35(18-24-11-8-12-39-24)17-21-9-7-10-23(15-21)38-6/h7,9-10,13-16,24,27H,8,11-12,17-18H2,1-6H3,(H,31,37)/t24-,27-/m0/s1. The van der Waals surface area contributed by atoms with Crippen molar-refractivity contribution in [3.63, 3.8) is 0 Å². The number of H-pyrrole nitrogens is 1. The first-order chi connectivity index (χ1) is 18.6. The maximum absolute atomic E-state index is 13.9. The molecule has 9 nitrogen and oxygen atoms in total. The van der Waals surface area contributed by atoms with Gasteiger partial charge in [-0.1, -0.05) is 23.8 Å². The van der Waals surface area contributed by atoms with E-state index in [9.17, 15) is 4.79 Å². The molecule has 0 spiro atoms. The van der Waals surface area contributed by atoms with Gasteiger partial charge in [0.2, 0.25) is 0 Å². The highest BCUT2D eigenvalue weighted by Crippen LogP contribution is 2.33. The van der Waals surface area contributed by atoms with Crippen LogP contribution in [-0.2, 0) is 16.8 Å². The average molecular weight is 531 g/mol. The minimum atomic E-state index is -0.511. The number of fused-ring (bicyclic) bond motifs is 1. The summed E-state index contributed by atoms with van der Waals surface area (Å²) in [4.78, 5) is 19.3. The Hall–Kier alpha value is -3.56. The van der Waals surface area contributed by atoms with E-state index in [-0.39, 0.29) is 17.2 Å². The molecule has 0 aliphatic carbocycles. The fraction of sp³-hybridized carbons (Fsp3) is 0.467. The van der Waals surface area contributed by atoms with Gasteiger partial charge < -0.3 is 14.5 Å². The van der Waals surface area contributed by atoms with E-state index >= 15 is 0 Å². The smallest absolute Gasteiger partial charge is 0.253 e. The lowest BCUT2D eigenvalue weighted by molar-refractivity contribution is 0.0564. The van der Waals surface area contributed by atoms with Gasteiger partial charge in [-0.2, -0.15) is 0 Å². The molecule has 39 heavy (non-hydrogen) atoms. The number of aromatic amines is 1. The van der Waals surface area contributed by atoms with Crippen LogP contribution in [0.1, 0.15) is 67.7 Å². The van der Waals surface area contributed by atoms with Crippen LogP contribution < -0.4 is 10.3 Å². The van der Waals surface area contributed by atoms with Gasteiger partial charge in [-0.25, -0.2) is 4.68 Å². The van der Waals surface area contributed by atoms with Gasteiger partial charge in [-0.05, 0) is 98.7 Å². The molecule has 3 heterocycles. The van der Waals surface area contributed by atoms with Gasteiger partial charge >= 0.3 is 0 Å². The van der Waals surface area contributed by atoms with Crippen LogP contribution in [0.3, 0.4) is 0 Å². The van der Waals surface area contributed by atoms with Gasteiger partial charge in [0.05, 0.1) is 24.3 Å². The molecule has 0 saturated carbocycles. The first-order valence-corrected chi connectivity index (χ1v) is 13.6. The molecule has 9 heteroatoms. The molecule has 2 aromatic heterocycles. The largest absolute Gasteiger partial charge is 0.497 e. The van der Waals surface area contributed by atoms with E-state index in [2.05, 4.69) is 71.3 Å². The number of tetrazole rings is 1. The second-order valence-corrected chi connectivity index (χ2v) is 11.5. The summed E-state index contributed by atoms with van der Waals surface area (Å²) in [7, 11) is 1.67. The molecule has 0 radical (unpaired) electrons. The van der Waals surface area contributed by atoms with Crippen molar-refractivity contribution in [2.45, 2.75) is 71.7 Å². The van der Waals surface area contributed by atoms with Crippen molar-refractivity contribution < 1.29 is 9.47 Å². The number of nitrogens with one attached hydrogen (secondary N) is 1. The third-order valence-corrected chi connectivity index (χ3v) is 7.34. The summed E-state index contributed by atoms with van der Waals surface area (Å²) in [5, 5.41) is 14.0. The SMILES string of the molecule is COc1cccc(CN(C[C@@H]2CCCO2)[C@@H](c2cc3cc(C)cc(C)c3[nH]c2=O)c2nnnn2C(C)(C)C)c1. The number of pyridine rings is 1. The van der Waals surface area contributed by atoms with Crippen molar-refractivity contribution in [1.29, 1.82) is 0 Å². The Morgan fingerprint density at radius 2 is 2.03 bits per heavy atom. The number of benzene rings is 2. The zero-order valence-corrected chi connectivity index (χ0v) is 23.7. The van der Waals surface area contributed by atoms with E-state index in [4.69, 9.17) is 9.47 Å². The normalized spacial score (nSPS) is 16.7. The molecule has 2 aromatic carbocycles. The molecule has 0 amide bonds. The third kappa shape index (κ3) is 5.74. The Morgan fingerprint density at radius 3 is 2.74 bits per heavy atom. The van der Waals surface area contributed by atoms with E-state index < -0.39 is 6.04 Å². The molecule has 1 saturated heterocycles. The number of aryl methyl sites for hydroxylation is 2. The molecule has 206 valence electrons. The lowest BCUT2D eigenvalue weighted by Gasteiger charge is -2.34. The topological polar surface area (TPSA) is 98.2 Å². The van der Waals surface area contributed by atoms with Gasteiger partial charge in [0.15, 0.2) is 5.82 Å². The van der Waals surface area contributed by atoms with Crippen molar-refractivity contribution in [1.82, 2.24) is 30.1 Å². The Labute approximate surface area is 229 Å². The number of ether oxygens (including phenoxy) is 2. The van der Waals surface area contributed by atoms with Crippen LogP contribution in [0, 0.1) is 13.8 Å². The number of rotatable bonds is 8. The minimum absolute atomic E-state index is 0.0566. The summed E-state index contributed by atoms with van der Waals surface area (Å²) in [5.74, 6) is 1.41. The number of methoxy groups -OCH3 is 1.